The Bertz CT molecular complexity index is 717. The minimum absolute atomic E-state index is 0.396. The number of allylic oxidation sites excluding steroid dienone is 1. The number of aromatic nitrogens is 3. The van der Waals surface area contributed by atoms with Crippen LogP contribution in [0.25, 0.3) is 0 Å². The van der Waals surface area contributed by atoms with Gasteiger partial charge in [-0.25, -0.2) is 4.68 Å². The molecule has 0 fully saturated rings. The van der Waals surface area contributed by atoms with Gasteiger partial charge in [0.1, 0.15) is 18.1 Å². The number of benzene rings is 1. The molecule has 1 aromatic carbocycles. The van der Waals surface area contributed by atoms with Gasteiger partial charge in [-0.2, -0.15) is 10.1 Å². The number of nitrogens with one attached hydrogen (secondary N) is 1. The lowest BCUT2D eigenvalue weighted by atomic mass is 9.95. The molecule has 0 spiro atoms. The van der Waals surface area contributed by atoms with Crippen LogP contribution in [0.4, 0.5) is 5.95 Å². The number of primary amides is 1. The minimum Gasteiger partial charge on any atom is -0.497 e. The summed E-state index contributed by atoms with van der Waals surface area (Å²) >= 11 is 0. The van der Waals surface area contributed by atoms with E-state index in [9.17, 15) is 4.79 Å². The van der Waals surface area contributed by atoms with E-state index >= 15 is 0 Å². The molecule has 3 N–H and O–H groups in total. The van der Waals surface area contributed by atoms with Crippen molar-refractivity contribution < 1.29 is 9.53 Å². The Hall–Kier alpha value is -2.83. The summed E-state index contributed by atoms with van der Waals surface area (Å²) < 4.78 is 6.80. The van der Waals surface area contributed by atoms with Gasteiger partial charge in [0.2, 0.25) is 11.9 Å². The summed E-state index contributed by atoms with van der Waals surface area (Å²) in [6.07, 6.45) is 1.44. The molecule has 2 heterocycles. The lowest BCUT2D eigenvalue weighted by Crippen LogP contribution is -2.31. The summed E-state index contributed by atoms with van der Waals surface area (Å²) in [6, 6.07) is 7.05. The highest BCUT2D eigenvalue weighted by Crippen LogP contribution is 2.34. The highest BCUT2D eigenvalue weighted by molar-refractivity contribution is 5.95. The normalized spacial score (nSPS) is 17.1. The maximum atomic E-state index is 11.8. The van der Waals surface area contributed by atoms with E-state index in [0.717, 1.165) is 11.3 Å². The number of methoxy groups -OCH3 is 1. The number of hydrogen-bond acceptors (Lipinski definition) is 5. The first-order valence-electron chi connectivity index (χ1n) is 6.43. The first kappa shape index (κ1) is 13.2. The fraction of sp³-hybridized carbons (Fsp3) is 0.214. The molecule has 1 atom stereocenters. The van der Waals surface area contributed by atoms with Gasteiger partial charge in [0, 0.05) is 5.70 Å². The number of rotatable bonds is 3. The SMILES string of the molecule is COc1ccc([C@@H]2C(C(N)=O)=C(C)Nc3ncnn32)cc1. The van der Waals surface area contributed by atoms with Crippen molar-refractivity contribution in [3.63, 3.8) is 0 Å². The van der Waals surface area contributed by atoms with Crippen molar-refractivity contribution in [1.82, 2.24) is 14.8 Å². The first-order valence-corrected chi connectivity index (χ1v) is 6.43. The Morgan fingerprint density at radius 3 is 2.71 bits per heavy atom. The topological polar surface area (TPSA) is 95.1 Å². The fourth-order valence-corrected chi connectivity index (χ4v) is 2.50. The zero-order valence-corrected chi connectivity index (χ0v) is 11.7. The molecule has 1 aliphatic rings. The van der Waals surface area contributed by atoms with Crippen LogP contribution in [0.5, 0.6) is 5.75 Å². The molecular weight excluding hydrogens is 270 g/mol. The standard InChI is InChI=1S/C14H15N5O2/c1-8-11(13(15)20)12(19-14(18-8)16-7-17-19)9-3-5-10(21-2)6-4-9/h3-7,12H,1-2H3,(H2,15,20)(H,16,17,18)/t12-/m1/s1. The van der Waals surface area contributed by atoms with Crippen molar-refractivity contribution in [2.24, 2.45) is 5.73 Å². The highest BCUT2D eigenvalue weighted by Gasteiger charge is 2.32. The Morgan fingerprint density at radius 1 is 1.38 bits per heavy atom. The molecule has 108 valence electrons. The Kier molecular flexibility index (Phi) is 3.09. The van der Waals surface area contributed by atoms with Crippen molar-refractivity contribution in [2.75, 3.05) is 12.4 Å². The number of carbonyl (C=O) groups excluding carboxylic acids is 1. The summed E-state index contributed by atoms with van der Waals surface area (Å²) in [5.41, 5.74) is 7.59. The molecule has 0 aliphatic carbocycles. The molecule has 1 aromatic heterocycles. The second-order valence-electron chi connectivity index (χ2n) is 4.73. The van der Waals surface area contributed by atoms with Crippen LogP contribution in [0.2, 0.25) is 0 Å². The third-order valence-electron chi connectivity index (χ3n) is 3.49. The van der Waals surface area contributed by atoms with Crippen molar-refractivity contribution in [1.29, 1.82) is 0 Å². The summed E-state index contributed by atoms with van der Waals surface area (Å²) in [6.45, 7) is 1.80. The van der Waals surface area contributed by atoms with Crippen LogP contribution in [0.3, 0.4) is 0 Å². The third kappa shape index (κ3) is 2.12. The molecule has 7 nitrogen and oxygen atoms in total. The van der Waals surface area contributed by atoms with Crippen LogP contribution in [-0.4, -0.2) is 27.8 Å². The molecule has 7 heteroatoms. The molecule has 0 saturated carbocycles. The monoisotopic (exact) mass is 285 g/mol. The maximum Gasteiger partial charge on any atom is 0.248 e. The van der Waals surface area contributed by atoms with Gasteiger partial charge in [-0.15, -0.1) is 0 Å². The highest BCUT2D eigenvalue weighted by atomic mass is 16.5. The number of ether oxygens (including phenoxy) is 1. The summed E-state index contributed by atoms with van der Waals surface area (Å²) in [5, 5.41) is 7.23. The molecule has 0 unspecified atom stereocenters. The molecular formula is C14H15N5O2. The smallest absolute Gasteiger partial charge is 0.248 e. The predicted octanol–water partition coefficient (Wildman–Crippen LogP) is 1.06. The number of amides is 1. The van der Waals surface area contributed by atoms with Gasteiger partial charge in [0.05, 0.1) is 12.7 Å². The summed E-state index contributed by atoms with van der Waals surface area (Å²) in [5.74, 6) is 0.841. The molecule has 21 heavy (non-hydrogen) atoms. The Labute approximate surface area is 121 Å². The third-order valence-corrected chi connectivity index (χ3v) is 3.49. The maximum absolute atomic E-state index is 11.8. The molecule has 0 saturated heterocycles. The quantitative estimate of drug-likeness (QED) is 0.879. The van der Waals surface area contributed by atoms with E-state index in [1.54, 1.807) is 18.7 Å². The average Bonchev–Trinajstić information content (AvgIpc) is 2.93. The van der Waals surface area contributed by atoms with Gasteiger partial charge >= 0.3 is 0 Å². The lowest BCUT2D eigenvalue weighted by molar-refractivity contribution is -0.115. The van der Waals surface area contributed by atoms with E-state index in [0.29, 0.717) is 17.2 Å². The van der Waals surface area contributed by atoms with E-state index in [1.165, 1.54) is 6.33 Å². The second kappa shape index (κ2) is 4.93. The zero-order valence-electron chi connectivity index (χ0n) is 11.7. The molecule has 2 aromatic rings. The van der Waals surface area contributed by atoms with E-state index in [2.05, 4.69) is 15.4 Å². The summed E-state index contributed by atoms with van der Waals surface area (Å²) in [4.78, 5) is 16.0. The van der Waals surface area contributed by atoms with Crippen LogP contribution >= 0.6 is 0 Å². The van der Waals surface area contributed by atoms with Crippen molar-refractivity contribution in [3.8, 4) is 5.75 Å². The number of hydrogen-bond donors (Lipinski definition) is 2. The van der Waals surface area contributed by atoms with Crippen molar-refractivity contribution >= 4 is 11.9 Å². The van der Waals surface area contributed by atoms with Gasteiger partial charge < -0.3 is 15.8 Å². The average molecular weight is 285 g/mol. The van der Waals surface area contributed by atoms with E-state index in [-0.39, 0.29) is 0 Å². The number of nitrogens with zero attached hydrogens (tertiary/aromatic N) is 3. The van der Waals surface area contributed by atoms with E-state index in [4.69, 9.17) is 10.5 Å². The lowest BCUT2D eigenvalue weighted by Gasteiger charge is -2.27. The van der Waals surface area contributed by atoms with E-state index in [1.807, 2.05) is 24.3 Å². The molecule has 3 rings (SSSR count). The van der Waals surface area contributed by atoms with Crippen LogP contribution in [-0.2, 0) is 4.79 Å². The van der Waals surface area contributed by atoms with Gasteiger partial charge in [0.15, 0.2) is 0 Å². The van der Waals surface area contributed by atoms with Gasteiger partial charge in [0.25, 0.3) is 0 Å². The van der Waals surface area contributed by atoms with Crippen molar-refractivity contribution in [3.05, 3.63) is 47.4 Å². The largest absolute Gasteiger partial charge is 0.497 e. The molecule has 0 bridgehead atoms. The van der Waals surface area contributed by atoms with Gasteiger partial charge in [-0.05, 0) is 24.6 Å². The minimum atomic E-state index is -0.484. The van der Waals surface area contributed by atoms with Crippen LogP contribution in [0.15, 0.2) is 41.9 Å². The second-order valence-corrected chi connectivity index (χ2v) is 4.73. The molecule has 1 amide bonds. The number of anilines is 1. The van der Waals surface area contributed by atoms with E-state index < -0.39 is 11.9 Å². The summed E-state index contributed by atoms with van der Waals surface area (Å²) in [7, 11) is 1.61. The fourth-order valence-electron chi connectivity index (χ4n) is 2.50. The number of nitrogens with two attached hydrogens (primary N) is 1. The molecule has 1 aliphatic heterocycles. The number of carbonyl (C=O) groups is 1. The first-order chi connectivity index (χ1) is 10.1. The predicted molar refractivity (Wildman–Crippen MR) is 76.7 cm³/mol. The van der Waals surface area contributed by atoms with Crippen LogP contribution in [0.1, 0.15) is 18.5 Å². The number of fused-ring (bicyclic) bond motifs is 1. The van der Waals surface area contributed by atoms with Gasteiger partial charge in [-0.3, -0.25) is 4.79 Å². The van der Waals surface area contributed by atoms with Crippen molar-refractivity contribution in [2.45, 2.75) is 13.0 Å². The Morgan fingerprint density at radius 2 is 2.10 bits per heavy atom. The Balaban J connectivity index is 2.14. The zero-order chi connectivity index (χ0) is 15.0. The van der Waals surface area contributed by atoms with Crippen LogP contribution in [0, 0.1) is 0 Å². The van der Waals surface area contributed by atoms with Gasteiger partial charge in [-0.1, -0.05) is 12.1 Å². The van der Waals surface area contributed by atoms with Crippen LogP contribution < -0.4 is 15.8 Å². The molecule has 0 radical (unpaired) electrons.